The molecule has 1 spiro atoms. The second-order valence-corrected chi connectivity index (χ2v) is 10.8. The summed E-state index contributed by atoms with van der Waals surface area (Å²) in [4.78, 5) is 49.9. The fourth-order valence-electron chi connectivity index (χ4n) is 6.47. The number of benzene rings is 1. The molecule has 0 saturated carbocycles. The van der Waals surface area contributed by atoms with Crippen molar-refractivity contribution >= 4 is 23.9 Å². The van der Waals surface area contributed by atoms with Crippen molar-refractivity contribution in [3.63, 3.8) is 0 Å². The third kappa shape index (κ3) is 4.11. The van der Waals surface area contributed by atoms with Crippen molar-refractivity contribution in [1.82, 2.24) is 4.90 Å². The molecule has 2 bridgehead atoms. The van der Waals surface area contributed by atoms with Crippen molar-refractivity contribution < 1.29 is 58.6 Å². The number of carboxylic acids is 1. The summed E-state index contributed by atoms with van der Waals surface area (Å²) in [5, 5.41) is 41.7. The van der Waals surface area contributed by atoms with E-state index in [1.807, 2.05) is 13.1 Å². The van der Waals surface area contributed by atoms with Crippen molar-refractivity contribution in [3.05, 3.63) is 35.1 Å². The van der Waals surface area contributed by atoms with Gasteiger partial charge in [0.15, 0.2) is 35.9 Å². The number of aliphatic hydroxyl groups is 2. The minimum Gasteiger partial charge on any atom is -0.504 e. The lowest BCUT2D eigenvalue weighted by Crippen LogP contribution is -2.74. The van der Waals surface area contributed by atoms with Gasteiger partial charge in [-0.3, -0.25) is 4.79 Å². The van der Waals surface area contributed by atoms with Gasteiger partial charge in [0.25, 0.3) is 0 Å². The number of hydrogen-bond acceptors (Lipinski definition) is 12. The van der Waals surface area contributed by atoms with E-state index in [4.69, 9.17) is 19.3 Å². The summed E-state index contributed by atoms with van der Waals surface area (Å²) >= 11 is 0. The van der Waals surface area contributed by atoms with E-state index in [0.717, 1.165) is 19.4 Å². The average molecular weight is 562 g/mol. The summed E-state index contributed by atoms with van der Waals surface area (Å²) in [7, 11) is 1.94. The summed E-state index contributed by atoms with van der Waals surface area (Å²) in [5.74, 6) is -4.57. The zero-order chi connectivity index (χ0) is 29.1. The Labute approximate surface area is 228 Å². The normalized spacial score (nSPS) is 30.1. The fourth-order valence-corrected chi connectivity index (χ4v) is 6.47. The van der Waals surface area contributed by atoms with E-state index < -0.39 is 65.7 Å². The topological polar surface area (TPSA) is 189 Å². The minimum absolute atomic E-state index is 0.0866. The van der Waals surface area contributed by atoms with E-state index in [-0.39, 0.29) is 29.7 Å². The number of likely N-dealkylation sites (N-methyl/N-ethyl adjacent to an activating group) is 1. The van der Waals surface area contributed by atoms with Gasteiger partial charge in [-0.2, -0.15) is 0 Å². The molecular weight excluding hydrogens is 530 g/mol. The maximum Gasteiger partial charge on any atom is 0.347 e. The molecule has 0 radical (unpaired) electrons. The van der Waals surface area contributed by atoms with Crippen LogP contribution in [0.25, 0.3) is 0 Å². The Hall–Kier alpha value is -3.68. The zero-order valence-electron chi connectivity index (χ0n) is 22.2. The van der Waals surface area contributed by atoms with Crippen molar-refractivity contribution in [2.24, 2.45) is 0 Å². The van der Waals surface area contributed by atoms with Crippen molar-refractivity contribution in [2.45, 2.75) is 81.0 Å². The number of nitrogens with zero attached hydrogens (tertiary/aromatic N) is 1. The van der Waals surface area contributed by atoms with Crippen LogP contribution in [0.2, 0.25) is 0 Å². The Kier molecular flexibility index (Phi) is 6.79. The van der Waals surface area contributed by atoms with E-state index in [2.05, 4.69) is 9.64 Å². The number of aliphatic carboxylic acids is 1. The maximum atomic E-state index is 12.8. The number of carboxylic acid groups (broad SMARTS) is 1. The molecule has 2 heterocycles. The van der Waals surface area contributed by atoms with E-state index >= 15 is 0 Å². The number of carbonyl (C=O) groups excluding carboxylic acids is 3. The molecule has 216 valence electrons. The Bertz CT molecular complexity index is 1310. The minimum atomic E-state index is -1.99. The molecule has 2 aliphatic heterocycles. The molecule has 1 aromatic carbocycles. The van der Waals surface area contributed by atoms with Gasteiger partial charge in [-0.05, 0) is 58.0 Å². The van der Waals surface area contributed by atoms with Crippen LogP contribution in [0.4, 0.5) is 0 Å². The molecule has 1 fully saturated rings. The summed E-state index contributed by atoms with van der Waals surface area (Å²) in [6.07, 6.45) is -3.99. The second kappa shape index (κ2) is 9.75. The van der Waals surface area contributed by atoms with Gasteiger partial charge < -0.3 is 44.3 Å². The van der Waals surface area contributed by atoms with Crippen LogP contribution in [0.1, 0.15) is 44.2 Å². The lowest BCUT2D eigenvalue weighted by atomic mass is 9.50. The Balaban J connectivity index is 1.30. The van der Waals surface area contributed by atoms with E-state index in [1.165, 1.54) is 0 Å². The van der Waals surface area contributed by atoms with Gasteiger partial charge in [-0.1, -0.05) is 6.07 Å². The van der Waals surface area contributed by atoms with Crippen LogP contribution in [0.3, 0.4) is 0 Å². The first-order valence-electron chi connectivity index (χ1n) is 13.0. The Morgan fingerprint density at radius 3 is 2.55 bits per heavy atom. The third-order valence-corrected chi connectivity index (χ3v) is 8.48. The number of piperidine rings is 1. The number of hydrogen-bond donors (Lipinski definition) is 4. The smallest absolute Gasteiger partial charge is 0.347 e. The molecule has 40 heavy (non-hydrogen) atoms. The molecule has 0 amide bonds. The number of phenols is 1. The van der Waals surface area contributed by atoms with Crippen LogP contribution < -0.4 is 4.74 Å². The highest BCUT2D eigenvalue weighted by Gasteiger charge is 2.72. The number of phenolic OH excluding ortho intramolecular Hbond substituents is 1. The first-order chi connectivity index (χ1) is 18.8. The van der Waals surface area contributed by atoms with E-state index in [0.29, 0.717) is 24.9 Å². The maximum absolute atomic E-state index is 12.8. The summed E-state index contributed by atoms with van der Waals surface area (Å²) in [6.45, 7) is 2.89. The highest BCUT2D eigenvalue weighted by molar-refractivity contribution is 5.85. The summed E-state index contributed by atoms with van der Waals surface area (Å²) in [6, 6.07) is 3.13. The molecule has 13 heteroatoms. The van der Waals surface area contributed by atoms with Crippen LogP contribution in [0, 0.1) is 0 Å². The molecular formula is C27H31NO12. The molecule has 7 atom stereocenters. The molecule has 13 nitrogen and oxygen atoms in total. The first kappa shape index (κ1) is 27.9. The highest BCUT2D eigenvalue weighted by atomic mass is 16.6. The van der Waals surface area contributed by atoms with Gasteiger partial charge in [0.2, 0.25) is 0 Å². The Morgan fingerprint density at radius 2 is 1.85 bits per heavy atom. The van der Waals surface area contributed by atoms with Crippen LogP contribution in [-0.2, 0) is 45.2 Å². The number of likely N-dealkylation sites (tertiary alicyclic amines) is 1. The summed E-state index contributed by atoms with van der Waals surface area (Å²) < 4.78 is 21.2. The third-order valence-electron chi connectivity index (χ3n) is 8.48. The van der Waals surface area contributed by atoms with Crippen LogP contribution in [-0.4, -0.2) is 98.9 Å². The number of carbonyl (C=O) groups is 4. The molecule has 1 aromatic rings. The van der Waals surface area contributed by atoms with Crippen molar-refractivity contribution in [1.29, 1.82) is 0 Å². The lowest BCUT2D eigenvalue weighted by Gasteiger charge is -2.61. The molecule has 0 unspecified atom stereocenters. The van der Waals surface area contributed by atoms with Gasteiger partial charge >= 0.3 is 23.9 Å². The molecule has 5 rings (SSSR count). The number of rotatable bonds is 8. The fraction of sp³-hybridized carbons (Fsp3) is 0.556. The summed E-state index contributed by atoms with van der Waals surface area (Å²) in [5.41, 5.74) is -0.574. The van der Waals surface area contributed by atoms with Crippen LogP contribution in [0.5, 0.6) is 11.5 Å². The Morgan fingerprint density at radius 1 is 1.15 bits per heavy atom. The van der Waals surface area contributed by atoms with Gasteiger partial charge in [0, 0.05) is 18.0 Å². The standard InChI is InChI=1S/C27H31NO12/c1-12(23(32)33)37-24(34)13(2)38-25(35)16(30)11-19(31)39-17-6-7-27(36)18-10-14-4-5-15(29)21-20(14)26(27,22(17)40-21)8-9-28(18)3/h4-6,12-13,16,18,22,29-30,36H,7-11H2,1-3H3,(H,32,33)/t12-,13-,16-,18+,22-,26-,27+/m0/s1. The average Bonchev–Trinajstić information content (AvgIpc) is 3.25. The molecule has 0 aromatic heterocycles. The largest absolute Gasteiger partial charge is 0.504 e. The predicted octanol–water partition coefficient (Wildman–Crippen LogP) is -0.0879. The first-order valence-corrected chi connectivity index (χ1v) is 13.0. The SMILES string of the molecule is C[C@H](OC(=O)[C@H](C)OC(=O)[C@@H](O)CC(=O)OC1=CC[C@@]2(O)[C@H]3Cc4ccc(O)c5c4[C@@]2(CCN3C)[C@H]1O5)C(=O)O. The number of aliphatic hydroxyl groups excluding tert-OH is 1. The number of aromatic hydroxyl groups is 1. The predicted molar refractivity (Wildman–Crippen MR) is 132 cm³/mol. The van der Waals surface area contributed by atoms with Gasteiger partial charge in [-0.25, -0.2) is 14.4 Å². The van der Waals surface area contributed by atoms with E-state index in [1.54, 1.807) is 12.1 Å². The monoisotopic (exact) mass is 561 g/mol. The van der Waals surface area contributed by atoms with Crippen molar-refractivity contribution in [3.8, 4) is 11.5 Å². The van der Waals surface area contributed by atoms with Gasteiger partial charge in [0.05, 0.1) is 17.4 Å². The number of ether oxygens (including phenoxy) is 4. The molecule has 4 N–H and O–H groups in total. The van der Waals surface area contributed by atoms with Crippen LogP contribution in [0.15, 0.2) is 24.0 Å². The molecule has 2 aliphatic carbocycles. The van der Waals surface area contributed by atoms with Crippen LogP contribution >= 0.6 is 0 Å². The molecule has 1 saturated heterocycles. The lowest BCUT2D eigenvalue weighted by molar-refractivity contribution is -0.179. The highest BCUT2D eigenvalue weighted by Crippen LogP contribution is 2.65. The molecule has 4 aliphatic rings. The zero-order valence-corrected chi connectivity index (χ0v) is 22.2. The van der Waals surface area contributed by atoms with Gasteiger partial charge in [-0.15, -0.1) is 0 Å². The quantitative estimate of drug-likeness (QED) is 0.244. The van der Waals surface area contributed by atoms with Crippen molar-refractivity contribution in [2.75, 3.05) is 13.6 Å². The number of esters is 3. The van der Waals surface area contributed by atoms with Gasteiger partial charge in [0.1, 0.15) is 5.76 Å². The van der Waals surface area contributed by atoms with E-state index in [9.17, 15) is 34.5 Å². The second-order valence-electron chi connectivity index (χ2n) is 10.8.